The zero-order chi connectivity index (χ0) is 17.5. The Morgan fingerprint density at radius 1 is 0.880 bits per heavy atom. The van der Waals surface area contributed by atoms with Gasteiger partial charge in [0.05, 0.1) is 17.9 Å². The summed E-state index contributed by atoms with van der Waals surface area (Å²) in [5.74, 6) is 0.888. The van der Waals surface area contributed by atoms with Crippen LogP contribution >= 0.6 is 0 Å². The van der Waals surface area contributed by atoms with Crippen molar-refractivity contribution in [2.75, 3.05) is 0 Å². The maximum atomic E-state index is 6.28. The van der Waals surface area contributed by atoms with Crippen LogP contribution in [0, 0.1) is 0 Å². The van der Waals surface area contributed by atoms with Crippen molar-refractivity contribution in [3.05, 3.63) is 66.6 Å². The van der Waals surface area contributed by atoms with Gasteiger partial charge in [0.25, 0.3) is 0 Å². The third kappa shape index (κ3) is 4.58. The van der Waals surface area contributed by atoms with Crippen molar-refractivity contribution in [3.63, 3.8) is 0 Å². The lowest BCUT2D eigenvalue weighted by Gasteiger charge is -2.08. The van der Waals surface area contributed by atoms with Gasteiger partial charge in [0.2, 0.25) is 0 Å². The maximum Gasteiger partial charge on any atom is 0.123 e. The largest absolute Gasteiger partial charge is 0.341 e. The second kappa shape index (κ2) is 8.63. The van der Waals surface area contributed by atoms with Crippen molar-refractivity contribution in [1.29, 1.82) is 0 Å². The number of imidazole rings is 1. The predicted molar refractivity (Wildman–Crippen MR) is 105 cm³/mol. The number of benzene rings is 2. The molecule has 3 nitrogen and oxygen atoms in total. The first kappa shape index (κ1) is 17.4. The molecule has 130 valence electrons. The number of aromatic amines is 1. The minimum Gasteiger partial charge on any atom is -0.341 e. The molecule has 3 N–H and O–H groups in total. The summed E-state index contributed by atoms with van der Waals surface area (Å²) in [6.45, 7) is 2.22. The van der Waals surface area contributed by atoms with Crippen molar-refractivity contribution in [2.45, 2.75) is 45.1 Å². The van der Waals surface area contributed by atoms with Gasteiger partial charge in [-0.3, -0.25) is 0 Å². The summed E-state index contributed by atoms with van der Waals surface area (Å²) >= 11 is 0. The fourth-order valence-electron chi connectivity index (χ4n) is 3.07. The molecule has 0 bridgehead atoms. The molecule has 0 amide bonds. The molecular weight excluding hydrogens is 306 g/mol. The van der Waals surface area contributed by atoms with Gasteiger partial charge >= 0.3 is 0 Å². The SMILES string of the molecule is CCCCCC[C@@H](N)c1ncc(-c2ccc(-c3ccccc3)cc2)[nH]1. The molecule has 25 heavy (non-hydrogen) atoms. The van der Waals surface area contributed by atoms with Crippen LogP contribution in [0.4, 0.5) is 0 Å². The van der Waals surface area contributed by atoms with E-state index >= 15 is 0 Å². The van der Waals surface area contributed by atoms with Gasteiger partial charge in [0.1, 0.15) is 5.82 Å². The van der Waals surface area contributed by atoms with E-state index in [4.69, 9.17) is 5.73 Å². The van der Waals surface area contributed by atoms with E-state index in [-0.39, 0.29) is 6.04 Å². The fraction of sp³-hybridized carbons (Fsp3) is 0.318. The molecule has 0 aliphatic heterocycles. The van der Waals surface area contributed by atoms with Crippen LogP contribution in [0.15, 0.2) is 60.8 Å². The summed E-state index contributed by atoms with van der Waals surface area (Å²) < 4.78 is 0. The Morgan fingerprint density at radius 3 is 2.28 bits per heavy atom. The van der Waals surface area contributed by atoms with Crippen molar-refractivity contribution < 1.29 is 0 Å². The molecule has 0 fully saturated rings. The first-order valence-electron chi connectivity index (χ1n) is 9.24. The Kier molecular flexibility index (Phi) is 6.02. The molecule has 0 aliphatic rings. The van der Waals surface area contributed by atoms with E-state index in [0.717, 1.165) is 29.9 Å². The Morgan fingerprint density at radius 2 is 1.56 bits per heavy atom. The monoisotopic (exact) mass is 333 g/mol. The van der Waals surface area contributed by atoms with Crippen LogP contribution in [0.2, 0.25) is 0 Å². The van der Waals surface area contributed by atoms with Crippen molar-refractivity contribution in [1.82, 2.24) is 9.97 Å². The van der Waals surface area contributed by atoms with Gasteiger partial charge in [-0.25, -0.2) is 4.98 Å². The molecule has 1 aromatic heterocycles. The van der Waals surface area contributed by atoms with E-state index < -0.39 is 0 Å². The summed E-state index contributed by atoms with van der Waals surface area (Å²) in [5.41, 5.74) is 10.9. The van der Waals surface area contributed by atoms with Crippen LogP contribution < -0.4 is 5.73 Å². The molecule has 0 unspecified atom stereocenters. The van der Waals surface area contributed by atoms with Gasteiger partial charge < -0.3 is 10.7 Å². The van der Waals surface area contributed by atoms with Crippen LogP contribution in [0.1, 0.15) is 50.9 Å². The van der Waals surface area contributed by atoms with E-state index in [2.05, 4.69) is 65.4 Å². The zero-order valence-electron chi connectivity index (χ0n) is 14.9. The van der Waals surface area contributed by atoms with Gasteiger partial charge in [-0.2, -0.15) is 0 Å². The standard InChI is InChI=1S/C22H27N3/c1-2-3-4-8-11-20(23)22-24-16-21(25-22)19-14-12-18(13-15-19)17-9-6-5-7-10-17/h5-7,9-10,12-16,20H,2-4,8,11,23H2,1H3,(H,24,25)/t20-/m1/s1. The van der Waals surface area contributed by atoms with Gasteiger partial charge in [-0.05, 0) is 23.1 Å². The van der Waals surface area contributed by atoms with Crippen molar-refractivity contribution >= 4 is 0 Å². The van der Waals surface area contributed by atoms with Gasteiger partial charge in [-0.15, -0.1) is 0 Å². The van der Waals surface area contributed by atoms with Gasteiger partial charge in [0, 0.05) is 0 Å². The average Bonchev–Trinajstić information content (AvgIpc) is 3.16. The van der Waals surface area contributed by atoms with Crippen LogP contribution in [0.5, 0.6) is 0 Å². The third-order valence-electron chi connectivity index (χ3n) is 4.62. The topological polar surface area (TPSA) is 54.7 Å². The van der Waals surface area contributed by atoms with E-state index in [0.29, 0.717) is 0 Å². The Bertz CT molecular complexity index is 759. The highest BCUT2D eigenvalue weighted by Gasteiger charge is 2.11. The predicted octanol–water partition coefficient (Wildman–Crippen LogP) is 5.71. The Labute approximate surface area is 150 Å². The molecule has 0 aliphatic carbocycles. The minimum atomic E-state index is -0.00537. The minimum absolute atomic E-state index is 0.00537. The summed E-state index contributed by atoms with van der Waals surface area (Å²) in [5, 5.41) is 0. The van der Waals surface area contributed by atoms with Crippen LogP contribution in [0.25, 0.3) is 22.4 Å². The highest BCUT2D eigenvalue weighted by atomic mass is 15.0. The van der Waals surface area contributed by atoms with E-state index in [1.807, 2.05) is 12.3 Å². The van der Waals surface area contributed by atoms with Crippen LogP contribution in [-0.4, -0.2) is 9.97 Å². The average molecular weight is 333 g/mol. The van der Waals surface area contributed by atoms with Gasteiger partial charge in [0.15, 0.2) is 0 Å². The van der Waals surface area contributed by atoms with Crippen molar-refractivity contribution in [2.24, 2.45) is 5.73 Å². The van der Waals surface area contributed by atoms with Crippen molar-refractivity contribution in [3.8, 4) is 22.4 Å². The number of unbranched alkanes of at least 4 members (excludes halogenated alkanes) is 3. The Hall–Kier alpha value is -2.39. The maximum absolute atomic E-state index is 6.28. The highest BCUT2D eigenvalue weighted by Crippen LogP contribution is 2.25. The zero-order valence-corrected chi connectivity index (χ0v) is 14.9. The number of nitrogens with one attached hydrogen (secondary N) is 1. The number of H-pyrrole nitrogens is 1. The molecule has 1 heterocycles. The first-order valence-corrected chi connectivity index (χ1v) is 9.24. The van der Waals surface area contributed by atoms with Gasteiger partial charge in [-0.1, -0.05) is 87.2 Å². The smallest absolute Gasteiger partial charge is 0.123 e. The van der Waals surface area contributed by atoms with E-state index in [1.54, 1.807) is 0 Å². The molecule has 3 rings (SSSR count). The molecule has 2 aromatic carbocycles. The lowest BCUT2D eigenvalue weighted by molar-refractivity contribution is 0.550. The number of nitrogens with two attached hydrogens (primary N) is 1. The molecule has 0 saturated carbocycles. The van der Waals surface area contributed by atoms with E-state index in [1.165, 1.54) is 30.4 Å². The third-order valence-corrected chi connectivity index (χ3v) is 4.62. The van der Waals surface area contributed by atoms with E-state index in [9.17, 15) is 0 Å². The normalized spacial score (nSPS) is 12.2. The van der Waals surface area contributed by atoms with Crippen LogP contribution in [0.3, 0.4) is 0 Å². The quantitative estimate of drug-likeness (QED) is 0.518. The Balaban J connectivity index is 1.66. The summed E-state index contributed by atoms with van der Waals surface area (Å²) in [6, 6.07) is 19.0. The molecule has 0 spiro atoms. The second-order valence-electron chi connectivity index (χ2n) is 6.58. The summed E-state index contributed by atoms with van der Waals surface area (Å²) in [7, 11) is 0. The number of nitrogens with zero attached hydrogens (tertiary/aromatic N) is 1. The molecule has 0 radical (unpaired) electrons. The highest BCUT2D eigenvalue weighted by molar-refractivity contribution is 5.68. The first-order chi connectivity index (χ1) is 12.3. The molecular formula is C22H27N3. The van der Waals surface area contributed by atoms with Crippen LogP contribution in [-0.2, 0) is 0 Å². The lowest BCUT2D eigenvalue weighted by Crippen LogP contribution is -2.11. The molecule has 3 heteroatoms. The second-order valence-corrected chi connectivity index (χ2v) is 6.58. The molecule has 3 aromatic rings. The lowest BCUT2D eigenvalue weighted by atomic mass is 10.0. The number of hydrogen-bond acceptors (Lipinski definition) is 2. The molecule has 1 atom stereocenters. The number of aromatic nitrogens is 2. The molecule has 0 saturated heterocycles. The number of hydrogen-bond donors (Lipinski definition) is 2. The summed E-state index contributed by atoms with van der Waals surface area (Å²) in [4.78, 5) is 7.88. The number of rotatable bonds is 8. The fourth-order valence-corrected chi connectivity index (χ4v) is 3.07. The summed E-state index contributed by atoms with van der Waals surface area (Å²) in [6.07, 6.45) is 7.82.